The van der Waals surface area contributed by atoms with Crippen LogP contribution in [0, 0.1) is 5.82 Å². The number of para-hydroxylation sites is 2. The average molecular weight is 323 g/mol. The van der Waals surface area contributed by atoms with Gasteiger partial charge in [0.05, 0.1) is 11.6 Å². The number of carbonyl (C=O) groups excluding carboxylic acids is 1. The Morgan fingerprint density at radius 3 is 2.92 bits per heavy atom. The van der Waals surface area contributed by atoms with E-state index in [2.05, 4.69) is 15.5 Å². The van der Waals surface area contributed by atoms with Crippen LogP contribution in [0.2, 0.25) is 0 Å². The van der Waals surface area contributed by atoms with Crippen LogP contribution >= 0.6 is 0 Å². The van der Waals surface area contributed by atoms with E-state index >= 15 is 0 Å². The van der Waals surface area contributed by atoms with E-state index in [9.17, 15) is 9.18 Å². The van der Waals surface area contributed by atoms with Gasteiger partial charge in [0.2, 0.25) is 0 Å². The molecule has 1 amide bonds. The second-order valence-electron chi connectivity index (χ2n) is 5.62. The molecule has 4 rings (SSSR count). The second kappa shape index (κ2) is 5.49. The van der Waals surface area contributed by atoms with E-state index in [1.165, 1.54) is 6.07 Å². The molecule has 4 aromatic rings. The maximum atomic E-state index is 13.7. The van der Waals surface area contributed by atoms with E-state index in [0.717, 1.165) is 10.9 Å². The zero-order valence-electron chi connectivity index (χ0n) is 12.8. The third-order valence-corrected chi connectivity index (χ3v) is 3.97. The van der Waals surface area contributed by atoms with Crippen molar-refractivity contribution in [3.63, 3.8) is 0 Å². The van der Waals surface area contributed by atoms with Gasteiger partial charge < -0.3 is 9.73 Å². The zero-order chi connectivity index (χ0) is 16.7. The fourth-order valence-corrected chi connectivity index (χ4v) is 2.73. The molecule has 0 radical (unpaired) electrons. The molecule has 0 aliphatic heterocycles. The van der Waals surface area contributed by atoms with E-state index < -0.39 is 11.9 Å². The molecule has 2 aromatic carbocycles. The van der Waals surface area contributed by atoms with Gasteiger partial charge in [-0.15, -0.1) is 0 Å². The lowest BCUT2D eigenvalue weighted by atomic mass is 10.2. The normalized spacial score (nSPS) is 12.6. The third kappa shape index (κ3) is 2.32. The second-order valence-corrected chi connectivity index (χ2v) is 5.62. The van der Waals surface area contributed by atoms with Crippen LogP contribution in [0.15, 0.2) is 52.9 Å². The van der Waals surface area contributed by atoms with Gasteiger partial charge in [0.25, 0.3) is 5.91 Å². The summed E-state index contributed by atoms with van der Waals surface area (Å²) >= 11 is 0. The van der Waals surface area contributed by atoms with Gasteiger partial charge in [0, 0.05) is 10.8 Å². The van der Waals surface area contributed by atoms with Crippen LogP contribution < -0.4 is 5.32 Å². The smallest absolute Gasteiger partial charge is 0.273 e. The van der Waals surface area contributed by atoms with E-state index in [0.29, 0.717) is 16.8 Å². The van der Waals surface area contributed by atoms with Crippen LogP contribution in [0.1, 0.15) is 29.2 Å². The first-order valence-electron chi connectivity index (χ1n) is 7.55. The quantitative estimate of drug-likeness (QED) is 0.600. The van der Waals surface area contributed by atoms with Crippen molar-refractivity contribution < 1.29 is 13.6 Å². The Bertz CT molecular complexity index is 1050. The maximum Gasteiger partial charge on any atom is 0.273 e. The molecule has 6 heteroatoms. The summed E-state index contributed by atoms with van der Waals surface area (Å²) in [6, 6.07) is 13.4. The van der Waals surface area contributed by atoms with E-state index in [1.807, 2.05) is 24.3 Å². The Morgan fingerprint density at radius 1 is 1.25 bits per heavy atom. The topological polar surface area (TPSA) is 70.9 Å². The predicted octanol–water partition coefficient (Wildman–Crippen LogP) is 3.94. The van der Waals surface area contributed by atoms with Crippen molar-refractivity contribution in [2.75, 3.05) is 0 Å². The summed E-state index contributed by atoms with van der Waals surface area (Å²) in [6.07, 6.45) is 0. The van der Waals surface area contributed by atoms with Gasteiger partial charge in [0.1, 0.15) is 5.76 Å². The minimum Gasteiger partial charge on any atom is -0.456 e. The molecule has 0 aliphatic rings. The highest BCUT2D eigenvalue weighted by Gasteiger charge is 2.19. The lowest BCUT2D eigenvalue weighted by Crippen LogP contribution is -2.26. The summed E-state index contributed by atoms with van der Waals surface area (Å²) in [7, 11) is 0. The molecule has 1 unspecified atom stereocenters. The summed E-state index contributed by atoms with van der Waals surface area (Å²) < 4.78 is 19.3. The number of amides is 1. The number of fused-ring (bicyclic) bond motifs is 2. The molecule has 1 atom stereocenters. The number of hydrogen-bond acceptors (Lipinski definition) is 3. The summed E-state index contributed by atoms with van der Waals surface area (Å²) in [5.74, 6) is -0.250. The van der Waals surface area contributed by atoms with Gasteiger partial charge in [-0.05, 0) is 25.1 Å². The lowest BCUT2D eigenvalue weighted by Gasteiger charge is -2.10. The highest BCUT2D eigenvalue weighted by atomic mass is 19.1. The number of halogens is 1. The molecule has 0 saturated carbocycles. The monoisotopic (exact) mass is 323 g/mol. The van der Waals surface area contributed by atoms with Crippen LogP contribution in [0.3, 0.4) is 0 Å². The van der Waals surface area contributed by atoms with Crippen LogP contribution in [0.4, 0.5) is 4.39 Å². The molecule has 120 valence electrons. The minimum absolute atomic E-state index is 0.193. The van der Waals surface area contributed by atoms with E-state index in [-0.39, 0.29) is 11.5 Å². The number of furan rings is 1. The standard InChI is InChI=1S/C18H14FN3O2/c1-10(15-9-11-5-4-7-13(19)17(11)24-15)20-18(23)16-12-6-2-3-8-14(12)21-22-16/h2-10H,1H3,(H,20,23)(H,21,22). The maximum absolute atomic E-state index is 13.7. The molecule has 0 spiro atoms. The van der Waals surface area contributed by atoms with Gasteiger partial charge in [-0.2, -0.15) is 5.10 Å². The van der Waals surface area contributed by atoms with Gasteiger partial charge in [-0.3, -0.25) is 9.89 Å². The molecule has 0 bridgehead atoms. The summed E-state index contributed by atoms with van der Waals surface area (Å²) in [5, 5.41) is 11.1. The Labute approximate surface area is 136 Å². The highest BCUT2D eigenvalue weighted by molar-refractivity contribution is 6.04. The fourth-order valence-electron chi connectivity index (χ4n) is 2.73. The Morgan fingerprint density at radius 2 is 2.08 bits per heavy atom. The van der Waals surface area contributed by atoms with Crippen molar-refractivity contribution in [2.24, 2.45) is 0 Å². The number of nitrogens with zero attached hydrogens (tertiary/aromatic N) is 1. The molecule has 0 aliphatic carbocycles. The molecule has 5 nitrogen and oxygen atoms in total. The van der Waals surface area contributed by atoms with Crippen molar-refractivity contribution >= 4 is 27.8 Å². The number of rotatable bonds is 3. The Balaban J connectivity index is 1.61. The number of nitrogens with one attached hydrogen (secondary N) is 2. The third-order valence-electron chi connectivity index (χ3n) is 3.97. The summed E-state index contributed by atoms with van der Waals surface area (Å²) in [5.41, 5.74) is 1.31. The van der Waals surface area contributed by atoms with Gasteiger partial charge in [-0.25, -0.2) is 4.39 Å². The van der Waals surface area contributed by atoms with Crippen molar-refractivity contribution in [3.8, 4) is 0 Å². The van der Waals surface area contributed by atoms with Crippen LogP contribution in [0.25, 0.3) is 21.9 Å². The number of aromatic nitrogens is 2. The number of H-pyrrole nitrogens is 1. The molecule has 2 aromatic heterocycles. The highest BCUT2D eigenvalue weighted by Crippen LogP contribution is 2.26. The lowest BCUT2D eigenvalue weighted by molar-refractivity contribution is 0.0932. The van der Waals surface area contributed by atoms with Crippen molar-refractivity contribution in [1.29, 1.82) is 0 Å². The molecule has 0 fully saturated rings. The van der Waals surface area contributed by atoms with E-state index in [4.69, 9.17) is 4.42 Å². The first-order chi connectivity index (χ1) is 11.6. The SMILES string of the molecule is CC(NC(=O)c1n[nH]c2ccccc12)c1cc2cccc(F)c2o1. The van der Waals surface area contributed by atoms with E-state index in [1.54, 1.807) is 25.1 Å². The predicted molar refractivity (Wildman–Crippen MR) is 88.1 cm³/mol. The van der Waals surface area contributed by atoms with Crippen LogP contribution in [-0.4, -0.2) is 16.1 Å². The largest absolute Gasteiger partial charge is 0.456 e. The Kier molecular flexibility index (Phi) is 3.30. The number of carbonyl (C=O) groups is 1. The molecular weight excluding hydrogens is 309 g/mol. The summed E-state index contributed by atoms with van der Waals surface area (Å²) in [6.45, 7) is 1.78. The van der Waals surface area contributed by atoms with Crippen molar-refractivity contribution in [1.82, 2.24) is 15.5 Å². The molecule has 24 heavy (non-hydrogen) atoms. The number of hydrogen-bond donors (Lipinski definition) is 2. The average Bonchev–Trinajstić information content (AvgIpc) is 3.19. The Hall–Kier alpha value is -3.15. The first-order valence-corrected chi connectivity index (χ1v) is 7.55. The fraction of sp³-hybridized carbons (Fsp3) is 0.111. The first kappa shape index (κ1) is 14.4. The van der Waals surface area contributed by atoms with Gasteiger partial charge in [0.15, 0.2) is 17.1 Å². The minimum atomic E-state index is -0.421. The number of aromatic amines is 1. The molecule has 2 N–H and O–H groups in total. The molecule has 0 saturated heterocycles. The molecular formula is C18H14FN3O2. The molecule has 2 heterocycles. The van der Waals surface area contributed by atoms with Crippen molar-refractivity contribution in [3.05, 3.63) is 65.8 Å². The van der Waals surface area contributed by atoms with Crippen LogP contribution in [-0.2, 0) is 0 Å². The zero-order valence-corrected chi connectivity index (χ0v) is 12.8. The number of benzene rings is 2. The summed E-state index contributed by atoms with van der Waals surface area (Å²) in [4.78, 5) is 12.5. The van der Waals surface area contributed by atoms with Gasteiger partial charge in [-0.1, -0.05) is 30.3 Å². The van der Waals surface area contributed by atoms with Crippen molar-refractivity contribution in [2.45, 2.75) is 13.0 Å². The van der Waals surface area contributed by atoms with Crippen LogP contribution in [0.5, 0.6) is 0 Å². The van der Waals surface area contributed by atoms with Gasteiger partial charge >= 0.3 is 0 Å².